The van der Waals surface area contributed by atoms with Gasteiger partial charge in [0.15, 0.2) is 6.10 Å². The fraction of sp³-hybridized carbons (Fsp3) is 0.412. The van der Waals surface area contributed by atoms with Gasteiger partial charge < -0.3 is 10.1 Å². The third kappa shape index (κ3) is 5.36. The van der Waals surface area contributed by atoms with Crippen LogP contribution in [0, 0.1) is 5.82 Å². The molecule has 0 aliphatic heterocycles. The second kappa shape index (κ2) is 8.11. The van der Waals surface area contributed by atoms with Crippen LogP contribution in [-0.2, 0) is 14.3 Å². The summed E-state index contributed by atoms with van der Waals surface area (Å²) < 4.78 is 18.1. The minimum Gasteiger partial charge on any atom is -0.449 e. The summed E-state index contributed by atoms with van der Waals surface area (Å²) in [6.07, 6.45) is 5.95. The number of hydrogen-bond donors (Lipinski definition) is 1. The number of ether oxygens (including phenoxy) is 1. The van der Waals surface area contributed by atoms with Crippen LogP contribution >= 0.6 is 11.6 Å². The molecule has 1 N–H and O–H groups in total. The predicted octanol–water partition coefficient (Wildman–Crippen LogP) is 3.48. The van der Waals surface area contributed by atoms with E-state index in [1.165, 1.54) is 37.3 Å². The number of carbonyl (C=O) groups excluding carboxylic acids is 2. The van der Waals surface area contributed by atoms with Crippen LogP contribution in [-0.4, -0.2) is 24.0 Å². The number of benzene rings is 1. The van der Waals surface area contributed by atoms with E-state index in [-0.39, 0.29) is 17.0 Å². The number of halogens is 2. The van der Waals surface area contributed by atoms with E-state index in [1.807, 2.05) is 0 Å². The minimum atomic E-state index is -0.857. The van der Waals surface area contributed by atoms with E-state index < -0.39 is 17.9 Å². The number of rotatable bonds is 5. The monoisotopic (exact) mass is 339 g/mol. The summed E-state index contributed by atoms with van der Waals surface area (Å²) in [5, 5.41) is 2.85. The lowest BCUT2D eigenvalue weighted by Crippen LogP contribution is -2.40. The Labute approximate surface area is 139 Å². The minimum absolute atomic E-state index is 0.0233. The first-order valence-corrected chi connectivity index (χ1v) is 7.97. The molecule has 1 aliphatic carbocycles. The first-order chi connectivity index (χ1) is 11.0. The third-order valence-electron chi connectivity index (χ3n) is 3.72. The third-order valence-corrected chi connectivity index (χ3v) is 4.01. The second-order valence-corrected chi connectivity index (χ2v) is 5.98. The largest absolute Gasteiger partial charge is 0.449 e. The van der Waals surface area contributed by atoms with Crippen LogP contribution < -0.4 is 5.32 Å². The Morgan fingerprint density at radius 1 is 1.39 bits per heavy atom. The number of nitrogens with one attached hydrogen (secondary N) is 1. The average Bonchev–Trinajstić information content (AvgIpc) is 3.01. The first-order valence-electron chi connectivity index (χ1n) is 7.60. The number of carbonyl (C=O) groups is 2. The quantitative estimate of drug-likeness (QED) is 0.660. The van der Waals surface area contributed by atoms with Crippen molar-refractivity contribution in [1.29, 1.82) is 0 Å². The zero-order valence-corrected chi connectivity index (χ0v) is 13.6. The Bertz CT molecular complexity index is 612. The van der Waals surface area contributed by atoms with Crippen molar-refractivity contribution in [3.8, 4) is 0 Å². The summed E-state index contributed by atoms with van der Waals surface area (Å²) in [5.41, 5.74) is 0.566. The Morgan fingerprint density at radius 3 is 2.74 bits per heavy atom. The van der Waals surface area contributed by atoms with Crippen LogP contribution in [0.2, 0.25) is 5.02 Å². The smallest absolute Gasteiger partial charge is 0.331 e. The van der Waals surface area contributed by atoms with Crippen LogP contribution in [0.5, 0.6) is 0 Å². The molecular weight excluding hydrogens is 321 g/mol. The molecule has 1 aliphatic rings. The lowest BCUT2D eigenvalue weighted by atomic mass is 10.2. The maximum Gasteiger partial charge on any atom is 0.331 e. The summed E-state index contributed by atoms with van der Waals surface area (Å²) in [6, 6.07) is 4.28. The van der Waals surface area contributed by atoms with Gasteiger partial charge in [0.1, 0.15) is 5.82 Å². The van der Waals surface area contributed by atoms with E-state index in [2.05, 4.69) is 5.32 Å². The first kappa shape index (κ1) is 17.5. The SMILES string of the molecule is C[C@@H](OC(=O)/C=C/c1ccc(F)c(Cl)c1)C(=O)NC1CCCC1. The normalized spacial score (nSPS) is 16.5. The molecular formula is C17H19ClFNO3. The van der Waals surface area contributed by atoms with Gasteiger partial charge in [0, 0.05) is 12.1 Å². The summed E-state index contributed by atoms with van der Waals surface area (Å²) in [6.45, 7) is 1.53. The molecule has 0 bridgehead atoms. The van der Waals surface area contributed by atoms with Gasteiger partial charge in [-0.15, -0.1) is 0 Å². The fourth-order valence-electron chi connectivity index (χ4n) is 2.44. The molecule has 1 amide bonds. The van der Waals surface area contributed by atoms with E-state index in [9.17, 15) is 14.0 Å². The number of amides is 1. The molecule has 1 fully saturated rings. The van der Waals surface area contributed by atoms with E-state index >= 15 is 0 Å². The summed E-state index contributed by atoms with van der Waals surface area (Å²) in [5.74, 6) is -1.45. The van der Waals surface area contributed by atoms with Crippen molar-refractivity contribution in [2.75, 3.05) is 0 Å². The highest BCUT2D eigenvalue weighted by molar-refractivity contribution is 6.30. The topological polar surface area (TPSA) is 55.4 Å². The molecule has 0 radical (unpaired) electrons. The second-order valence-electron chi connectivity index (χ2n) is 5.58. The zero-order valence-electron chi connectivity index (χ0n) is 12.9. The van der Waals surface area contributed by atoms with Crippen LogP contribution in [0.1, 0.15) is 38.2 Å². The molecule has 0 saturated heterocycles. The lowest BCUT2D eigenvalue weighted by Gasteiger charge is -2.16. The van der Waals surface area contributed by atoms with Gasteiger partial charge in [-0.1, -0.05) is 30.5 Å². The molecule has 0 spiro atoms. The van der Waals surface area contributed by atoms with E-state index in [0.29, 0.717) is 5.56 Å². The van der Waals surface area contributed by atoms with Crippen LogP contribution in [0.3, 0.4) is 0 Å². The zero-order chi connectivity index (χ0) is 16.8. The molecule has 0 unspecified atom stereocenters. The number of hydrogen-bond acceptors (Lipinski definition) is 3. The maximum atomic E-state index is 13.0. The van der Waals surface area contributed by atoms with Gasteiger partial charge in [-0.3, -0.25) is 4.79 Å². The molecule has 1 aromatic carbocycles. The van der Waals surface area contributed by atoms with Crippen molar-refractivity contribution in [3.63, 3.8) is 0 Å². The fourth-order valence-corrected chi connectivity index (χ4v) is 2.63. The van der Waals surface area contributed by atoms with Gasteiger partial charge in [0.25, 0.3) is 5.91 Å². The van der Waals surface area contributed by atoms with Crippen LogP contribution in [0.15, 0.2) is 24.3 Å². The molecule has 0 heterocycles. The van der Waals surface area contributed by atoms with E-state index in [1.54, 1.807) is 0 Å². The number of esters is 1. The van der Waals surface area contributed by atoms with Crippen molar-refractivity contribution >= 4 is 29.6 Å². The van der Waals surface area contributed by atoms with Crippen molar-refractivity contribution in [3.05, 3.63) is 40.7 Å². The Balaban J connectivity index is 1.83. The average molecular weight is 340 g/mol. The molecule has 23 heavy (non-hydrogen) atoms. The molecule has 4 nitrogen and oxygen atoms in total. The summed E-state index contributed by atoms with van der Waals surface area (Å²) in [7, 11) is 0. The van der Waals surface area contributed by atoms with Crippen LogP contribution in [0.4, 0.5) is 4.39 Å². The van der Waals surface area contributed by atoms with Gasteiger partial charge in [-0.2, -0.15) is 0 Å². The Morgan fingerprint density at radius 2 is 2.09 bits per heavy atom. The summed E-state index contributed by atoms with van der Waals surface area (Å²) in [4.78, 5) is 23.6. The van der Waals surface area contributed by atoms with Gasteiger partial charge >= 0.3 is 5.97 Å². The lowest BCUT2D eigenvalue weighted by molar-refractivity contribution is -0.150. The Hall–Kier alpha value is -1.88. The van der Waals surface area contributed by atoms with E-state index in [4.69, 9.17) is 16.3 Å². The van der Waals surface area contributed by atoms with Gasteiger partial charge in [0.05, 0.1) is 5.02 Å². The standard InChI is InChI=1S/C17H19ClFNO3/c1-11(17(22)20-13-4-2-3-5-13)23-16(21)9-7-12-6-8-15(19)14(18)10-12/h6-11,13H,2-5H2,1H3,(H,20,22)/b9-7+/t11-/m1/s1. The van der Waals surface area contributed by atoms with Crippen LogP contribution in [0.25, 0.3) is 6.08 Å². The highest BCUT2D eigenvalue weighted by atomic mass is 35.5. The molecule has 1 aromatic rings. The van der Waals surface area contributed by atoms with Crippen molar-refractivity contribution in [1.82, 2.24) is 5.32 Å². The van der Waals surface area contributed by atoms with Crippen molar-refractivity contribution < 1.29 is 18.7 Å². The predicted molar refractivity (Wildman–Crippen MR) is 86.4 cm³/mol. The van der Waals surface area contributed by atoms with Crippen molar-refractivity contribution in [2.45, 2.75) is 44.8 Å². The molecule has 1 atom stereocenters. The summed E-state index contributed by atoms with van der Waals surface area (Å²) >= 11 is 5.66. The Kier molecular flexibility index (Phi) is 6.16. The highest BCUT2D eigenvalue weighted by Gasteiger charge is 2.22. The molecule has 124 valence electrons. The molecule has 6 heteroatoms. The van der Waals surface area contributed by atoms with Gasteiger partial charge in [-0.25, -0.2) is 9.18 Å². The maximum absolute atomic E-state index is 13.0. The molecule has 0 aromatic heterocycles. The molecule has 2 rings (SSSR count). The van der Waals surface area contributed by atoms with Crippen molar-refractivity contribution in [2.24, 2.45) is 0 Å². The van der Waals surface area contributed by atoms with E-state index in [0.717, 1.165) is 25.7 Å². The van der Waals surface area contributed by atoms with Gasteiger partial charge in [-0.05, 0) is 43.5 Å². The molecule has 1 saturated carbocycles. The van der Waals surface area contributed by atoms with Gasteiger partial charge in [0.2, 0.25) is 0 Å². The highest BCUT2D eigenvalue weighted by Crippen LogP contribution is 2.18.